The molecule has 0 aromatic carbocycles. The molecule has 0 aliphatic rings. The first-order chi connectivity index (χ1) is 7.83. The van der Waals surface area contributed by atoms with Crippen LogP contribution in [0.25, 0.3) is 0 Å². The fourth-order valence-corrected chi connectivity index (χ4v) is 1.68. The Balaban J connectivity index is 2.35. The van der Waals surface area contributed by atoms with E-state index in [1.807, 2.05) is 13.0 Å². The van der Waals surface area contributed by atoms with E-state index in [4.69, 9.17) is 4.42 Å². The molecule has 1 N–H and O–H groups in total. The Bertz CT molecular complexity index is 439. The minimum atomic E-state index is -0.0197. The van der Waals surface area contributed by atoms with E-state index in [0.717, 1.165) is 23.6 Å². The minimum Gasteiger partial charge on any atom is -0.467 e. The summed E-state index contributed by atoms with van der Waals surface area (Å²) < 4.78 is 5.50. The number of nitrogens with one attached hydrogen (secondary N) is 1. The third-order valence-corrected chi connectivity index (χ3v) is 2.45. The highest BCUT2D eigenvalue weighted by Crippen LogP contribution is 2.23. The molecule has 0 saturated carbocycles. The fourth-order valence-electron chi connectivity index (χ4n) is 1.68. The van der Waals surface area contributed by atoms with Gasteiger partial charge in [-0.2, -0.15) is 0 Å². The van der Waals surface area contributed by atoms with Gasteiger partial charge in [-0.05, 0) is 25.1 Å². The van der Waals surface area contributed by atoms with Crippen LogP contribution in [0.15, 0.2) is 35.3 Å². The lowest BCUT2D eigenvalue weighted by Crippen LogP contribution is -2.23. The van der Waals surface area contributed by atoms with E-state index >= 15 is 0 Å². The summed E-state index contributed by atoms with van der Waals surface area (Å²) in [6, 6.07) is 1.93. The molecule has 2 aromatic rings. The highest BCUT2D eigenvalue weighted by Gasteiger charge is 2.19. The lowest BCUT2D eigenvalue weighted by atomic mass is 10.1. The maximum atomic E-state index is 5.50. The predicted octanol–water partition coefficient (Wildman–Crippen LogP) is 2.08. The number of nitrogens with zero attached hydrogens (tertiary/aromatic N) is 2. The summed E-state index contributed by atoms with van der Waals surface area (Å²) >= 11 is 0. The molecule has 2 heterocycles. The van der Waals surface area contributed by atoms with E-state index in [-0.39, 0.29) is 6.04 Å². The maximum absolute atomic E-state index is 5.50. The lowest BCUT2D eigenvalue weighted by Gasteiger charge is -2.15. The van der Waals surface area contributed by atoms with Gasteiger partial charge in [-0.15, -0.1) is 0 Å². The topological polar surface area (TPSA) is 51.0 Å². The summed E-state index contributed by atoms with van der Waals surface area (Å²) in [6.07, 6.45) is 6.82. The normalized spacial score (nSPS) is 12.6. The Morgan fingerprint density at radius 3 is 2.88 bits per heavy atom. The van der Waals surface area contributed by atoms with Gasteiger partial charge in [0.15, 0.2) is 0 Å². The molecule has 0 spiro atoms. The standard InChI is InChI=1S/C12H15N3O/c1-3-14-11(10-8-13-5-6-15-10)12-9(2)4-7-16-12/h4-8,11,14H,3H2,1-2H3. The molecule has 16 heavy (non-hydrogen) atoms. The molecule has 0 aliphatic carbocycles. The Hall–Kier alpha value is -1.68. The second kappa shape index (κ2) is 4.90. The number of aromatic nitrogens is 2. The SMILES string of the molecule is CCNC(c1cnccn1)c1occc1C. The van der Waals surface area contributed by atoms with Gasteiger partial charge in [-0.25, -0.2) is 0 Å². The van der Waals surface area contributed by atoms with Crippen molar-refractivity contribution in [3.05, 3.63) is 47.9 Å². The molecule has 0 fully saturated rings. The molecule has 0 aliphatic heterocycles. The summed E-state index contributed by atoms with van der Waals surface area (Å²) in [7, 11) is 0. The van der Waals surface area contributed by atoms with Gasteiger partial charge in [-0.1, -0.05) is 6.92 Å². The van der Waals surface area contributed by atoms with Gasteiger partial charge in [0.2, 0.25) is 0 Å². The molecule has 0 radical (unpaired) electrons. The highest BCUT2D eigenvalue weighted by atomic mass is 16.3. The Morgan fingerprint density at radius 2 is 2.31 bits per heavy atom. The molecule has 1 atom stereocenters. The van der Waals surface area contributed by atoms with Gasteiger partial charge < -0.3 is 9.73 Å². The van der Waals surface area contributed by atoms with Crippen molar-refractivity contribution in [3.63, 3.8) is 0 Å². The predicted molar refractivity (Wildman–Crippen MR) is 61.0 cm³/mol. The molecule has 2 aromatic heterocycles. The Kier molecular flexibility index (Phi) is 3.31. The first-order valence-electron chi connectivity index (χ1n) is 5.36. The zero-order chi connectivity index (χ0) is 11.4. The van der Waals surface area contributed by atoms with Gasteiger partial charge in [0, 0.05) is 12.4 Å². The first kappa shape index (κ1) is 10.8. The highest BCUT2D eigenvalue weighted by molar-refractivity contribution is 5.25. The first-order valence-corrected chi connectivity index (χ1v) is 5.36. The average Bonchev–Trinajstić information content (AvgIpc) is 2.73. The third-order valence-electron chi connectivity index (χ3n) is 2.45. The molecular weight excluding hydrogens is 202 g/mol. The zero-order valence-corrected chi connectivity index (χ0v) is 9.47. The van der Waals surface area contributed by atoms with Crippen LogP contribution in [-0.4, -0.2) is 16.5 Å². The van der Waals surface area contributed by atoms with E-state index in [1.165, 1.54) is 0 Å². The maximum Gasteiger partial charge on any atom is 0.129 e. The van der Waals surface area contributed by atoms with Gasteiger partial charge >= 0.3 is 0 Å². The van der Waals surface area contributed by atoms with Crippen LogP contribution in [0.2, 0.25) is 0 Å². The van der Waals surface area contributed by atoms with E-state index in [9.17, 15) is 0 Å². The van der Waals surface area contributed by atoms with Crippen molar-refractivity contribution in [3.8, 4) is 0 Å². The van der Waals surface area contributed by atoms with Crippen LogP contribution in [0.4, 0.5) is 0 Å². The van der Waals surface area contributed by atoms with Crippen molar-refractivity contribution in [1.82, 2.24) is 15.3 Å². The monoisotopic (exact) mass is 217 g/mol. The van der Waals surface area contributed by atoms with Crippen molar-refractivity contribution in [2.24, 2.45) is 0 Å². The molecule has 0 saturated heterocycles. The number of hydrogen-bond acceptors (Lipinski definition) is 4. The van der Waals surface area contributed by atoms with Crippen molar-refractivity contribution in [2.45, 2.75) is 19.9 Å². The molecule has 0 amide bonds. The fraction of sp³-hybridized carbons (Fsp3) is 0.333. The second-order valence-corrected chi connectivity index (χ2v) is 3.59. The third kappa shape index (κ3) is 2.12. The van der Waals surface area contributed by atoms with Gasteiger partial charge in [0.25, 0.3) is 0 Å². The van der Waals surface area contributed by atoms with Gasteiger partial charge in [0.1, 0.15) is 11.8 Å². The lowest BCUT2D eigenvalue weighted by molar-refractivity contribution is 0.444. The van der Waals surface area contributed by atoms with Gasteiger partial charge in [-0.3, -0.25) is 9.97 Å². The van der Waals surface area contributed by atoms with Crippen molar-refractivity contribution >= 4 is 0 Å². The van der Waals surface area contributed by atoms with Gasteiger partial charge in [0.05, 0.1) is 18.2 Å². The summed E-state index contributed by atoms with van der Waals surface area (Å²) in [5.41, 5.74) is 2.00. The molecule has 1 unspecified atom stereocenters. The molecule has 4 nitrogen and oxygen atoms in total. The summed E-state index contributed by atoms with van der Waals surface area (Å²) in [5.74, 6) is 0.905. The molecule has 4 heteroatoms. The molecule has 0 bridgehead atoms. The van der Waals surface area contributed by atoms with Crippen LogP contribution in [0.5, 0.6) is 0 Å². The second-order valence-electron chi connectivity index (χ2n) is 3.59. The summed E-state index contributed by atoms with van der Waals surface area (Å²) in [6.45, 7) is 4.93. The van der Waals surface area contributed by atoms with E-state index in [0.29, 0.717) is 0 Å². The van der Waals surface area contributed by atoms with Crippen LogP contribution in [0.3, 0.4) is 0 Å². The number of furan rings is 1. The number of hydrogen-bond donors (Lipinski definition) is 1. The van der Waals surface area contributed by atoms with Crippen molar-refractivity contribution in [1.29, 1.82) is 0 Å². The summed E-state index contributed by atoms with van der Waals surface area (Å²) in [5, 5.41) is 3.35. The molecule has 84 valence electrons. The van der Waals surface area contributed by atoms with Crippen molar-refractivity contribution in [2.75, 3.05) is 6.54 Å². The Morgan fingerprint density at radius 1 is 1.44 bits per heavy atom. The number of rotatable bonds is 4. The van der Waals surface area contributed by atoms with Crippen LogP contribution in [-0.2, 0) is 0 Å². The van der Waals surface area contributed by atoms with Crippen LogP contribution in [0, 0.1) is 6.92 Å². The minimum absolute atomic E-state index is 0.0197. The van der Waals surface area contributed by atoms with E-state index in [1.54, 1.807) is 24.9 Å². The van der Waals surface area contributed by atoms with E-state index in [2.05, 4.69) is 22.2 Å². The van der Waals surface area contributed by atoms with Crippen LogP contribution in [0.1, 0.15) is 30.0 Å². The molecular formula is C12H15N3O. The average molecular weight is 217 g/mol. The summed E-state index contributed by atoms with van der Waals surface area (Å²) in [4.78, 5) is 8.39. The largest absolute Gasteiger partial charge is 0.467 e. The van der Waals surface area contributed by atoms with Crippen molar-refractivity contribution < 1.29 is 4.42 Å². The van der Waals surface area contributed by atoms with Crippen LogP contribution < -0.4 is 5.32 Å². The number of aryl methyl sites for hydroxylation is 1. The zero-order valence-electron chi connectivity index (χ0n) is 9.47. The van der Waals surface area contributed by atoms with Crippen LogP contribution >= 0.6 is 0 Å². The van der Waals surface area contributed by atoms with E-state index < -0.39 is 0 Å². The smallest absolute Gasteiger partial charge is 0.129 e. The Labute approximate surface area is 94.7 Å². The molecule has 2 rings (SSSR count). The quantitative estimate of drug-likeness (QED) is 0.851.